The van der Waals surface area contributed by atoms with Gasteiger partial charge in [-0.2, -0.15) is 0 Å². The van der Waals surface area contributed by atoms with E-state index in [1.165, 1.54) is 12.1 Å². The molecule has 1 rings (SSSR count). The third-order valence-electron chi connectivity index (χ3n) is 2.46. The van der Waals surface area contributed by atoms with Gasteiger partial charge in [0.05, 0.1) is 10.6 Å². The number of sulfone groups is 1. The molecular weight excluding hydrogens is 262 g/mol. The Morgan fingerprint density at radius 2 is 2.18 bits per heavy atom. The Balaban J connectivity index is 2.88. The molecule has 1 atom stereocenters. The summed E-state index contributed by atoms with van der Waals surface area (Å²) in [6.45, 7) is -0.0451. The highest BCUT2D eigenvalue weighted by molar-refractivity contribution is 7.91. The molecular formula is C11H16ClNO3S. The zero-order valence-electron chi connectivity index (χ0n) is 9.56. The van der Waals surface area contributed by atoms with Crippen molar-refractivity contribution in [2.45, 2.75) is 17.4 Å². The summed E-state index contributed by atoms with van der Waals surface area (Å²) in [4.78, 5) is 0.211. The first-order valence-electron chi connectivity index (χ1n) is 5.26. The molecule has 6 heteroatoms. The van der Waals surface area contributed by atoms with E-state index in [2.05, 4.69) is 5.32 Å². The fourth-order valence-corrected chi connectivity index (χ4v) is 3.39. The molecule has 0 amide bonds. The summed E-state index contributed by atoms with van der Waals surface area (Å²) in [5, 5.41) is 12.1. The Labute approximate surface area is 107 Å². The van der Waals surface area contributed by atoms with Gasteiger partial charge in [0, 0.05) is 17.7 Å². The topological polar surface area (TPSA) is 66.4 Å². The van der Waals surface area contributed by atoms with Crippen LogP contribution in [-0.2, 0) is 9.84 Å². The van der Waals surface area contributed by atoms with Gasteiger partial charge in [0.15, 0.2) is 9.84 Å². The van der Waals surface area contributed by atoms with E-state index in [0.717, 1.165) is 0 Å². The van der Waals surface area contributed by atoms with Crippen LogP contribution >= 0.6 is 11.6 Å². The molecule has 0 aliphatic heterocycles. The molecule has 0 aliphatic rings. The largest absolute Gasteiger partial charge is 0.396 e. The van der Waals surface area contributed by atoms with E-state index in [4.69, 9.17) is 16.7 Å². The molecule has 0 radical (unpaired) electrons. The Kier molecular flexibility index (Phi) is 5.39. The Bertz CT molecular complexity index is 462. The van der Waals surface area contributed by atoms with E-state index in [1.54, 1.807) is 19.2 Å². The lowest BCUT2D eigenvalue weighted by Gasteiger charge is -2.15. The van der Waals surface area contributed by atoms with Gasteiger partial charge in [0.25, 0.3) is 0 Å². The summed E-state index contributed by atoms with van der Waals surface area (Å²) in [6, 6.07) is 5.93. The van der Waals surface area contributed by atoms with Crippen LogP contribution < -0.4 is 5.32 Å². The maximum atomic E-state index is 12.0. The average molecular weight is 278 g/mol. The molecule has 2 N–H and O–H groups in total. The summed E-state index contributed by atoms with van der Waals surface area (Å²) < 4.78 is 24.1. The maximum absolute atomic E-state index is 12.0. The first kappa shape index (κ1) is 14.4. The quantitative estimate of drug-likeness (QED) is 0.817. The van der Waals surface area contributed by atoms with Crippen LogP contribution in [0.3, 0.4) is 0 Å². The SMILES string of the molecule is CNC(CCO)CS(=O)(=O)c1cccc(Cl)c1. The van der Waals surface area contributed by atoms with Gasteiger partial charge in [0.1, 0.15) is 0 Å². The first-order chi connectivity index (χ1) is 7.99. The number of aliphatic hydroxyl groups is 1. The zero-order chi connectivity index (χ0) is 12.9. The molecule has 0 saturated heterocycles. The van der Waals surface area contributed by atoms with Crippen LogP contribution in [0.1, 0.15) is 6.42 Å². The van der Waals surface area contributed by atoms with Crippen molar-refractivity contribution >= 4 is 21.4 Å². The van der Waals surface area contributed by atoms with Crippen molar-refractivity contribution in [2.75, 3.05) is 19.4 Å². The molecule has 0 heterocycles. The predicted octanol–water partition coefficient (Wildman–Crippen LogP) is 1.08. The van der Waals surface area contributed by atoms with Gasteiger partial charge in [0.2, 0.25) is 0 Å². The monoisotopic (exact) mass is 277 g/mol. The van der Waals surface area contributed by atoms with E-state index in [0.29, 0.717) is 11.4 Å². The number of hydrogen-bond donors (Lipinski definition) is 2. The highest BCUT2D eigenvalue weighted by Gasteiger charge is 2.20. The molecule has 0 aliphatic carbocycles. The number of halogens is 1. The van der Waals surface area contributed by atoms with Gasteiger partial charge in [-0.1, -0.05) is 17.7 Å². The van der Waals surface area contributed by atoms with Crippen LogP contribution in [-0.4, -0.2) is 39.0 Å². The summed E-state index contributed by atoms with van der Waals surface area (Å²) in [7, 11) is -1.70. The van der Waals surface area contributed by atoms with Gasteiger partial charge in [-0.05, 0) is 31.7 Å². The van der Waals surface area contributed by atoms with Crippen molar-refractivity contribution in [3.05, 3.63) is 29.3 Å². The highest BCUT2D eigenvalue weighted by atomic mass is 35.5. The van der Waals surface area contributed by atoms with Gasteiger partial charge in [-0.3, -0.25) is 0 Å². The fourth-order valence-electron chi connectivity index (χ4n) is 1.49. The van der Waals surface area contributed by atoms with Crippen molar-refractivity contribution in [3.8, 4) is 0 Å². The Morgan fingerprint density at radius 1 is 1.47 bits per heavy atom. The lowest BCUT2D eigenvalue weighted by Crippen LogP contribution is -2.33. The highest BCUT2D eigenvalue weighted by Crippen LogP contribution is 2.17. The van der Waals surface area contributed by atoms with Gasteiger partial charge in [-0.15, -0.1) is 0 Å². The lowest BCUT2D eigenvalue weighted by atomic mass is 10.2. The van der Waals surface area contributed by atoms with Crippen LogP contribution in [0.5, 0.6) is 0 Å². The molecule has 1 unspecified atom stereocenters. The summed E-state index contributed by atoms with van der Waals surface area (Å²) in [5.74, 6) is -0.0512. The van der Waals surface area contributed by atoms with Gasteiger partial charge >= 0.3 is 0 Å². The molecule has 0 saturated carbocycles. The minimum atomic E-state index is -3.37. The van der Waals surface area contributed by atoms with E-state index < -0.39 is 9.84 Å². The second-order valence-corrected chi connectivity index (χ2v) is 6.21. The van der Waals surface area contributed by atoms with Crippen molar-refractivity contribution in [1.82, 2.24) is 5.32 Å². The number of nitrogens with one attached hydrogen (secondary N) is 1. The molecule has 0 fully saturated rings. The standard InChI is InChI=1S/C11H16ClNO3S/c1-13-10(5-6-14)8-17(15,16)11-4-2-3-9(12)7-11/h2-4,7,10,13-14H,5-6,8H2,1H3. The summed E-state index contributed by atoms with van der Waals surface area (Å²) >= 11 is 5.76. The third kappa shape index (κ3) is 4.27. The molecule has 17 heavy (non-hydrogen) atoms. The van der Waals surface area contributed by atoms with E-state index in [9.17, 15) is 8.42 Å². The van der Waals surface area contributed by atoms with Crippen LogP contribution in [0, 0.1) is 0 Å². The number of rotatable bonds is 6. The molecule has 4 nitrogen and oxygen atoms in total. The fraction of sp³-hybridized carbons (Fsp3) is 0.455. The lowest BCUT2D eigenvalue weighted by molar-refractivity contribution is 0.272. The minimum Gasteiger partial charge on any atom is -0.396 e. The summed E-state index contributed by atoms with van der Waals surface area (Å²) in [5.41, 5.74) is 0. The van der Waals surface area contributed by atoms with Crippen molar-refractivity contribution in [1.29, 1.82) is 0 Å². The Morgan fingerprint density at radius 3 is 2.71 bits per heavy atom. The molecule has 0 spiro atoms. The van der Waals surface area contributed by atoms with Crippen molar-refractivity contribution in [3.63, 3.8) is 0 Å². The molecule has 96 valence electrons. The van der Waals surface area contributed by atoms with Crippen LogP contribution in [0.15, 0.2) is 29.2 Å². The van der Waals surface area contributed by atoms with Gasteiger partial charge in [-0.25, -0.2) is 8.42 Å². The predicted molar refractivity (Wildman–Crippen MR) is 68.1 cm³/mol. The van der Waals surface area contributed by atoms with Crippen molar-refractivity contribution < 1.29 is 13.5 Å². The molecule has 1 aromatic rings. The number of aliphatic hydroxyl groups excluding tert-OH is 1. The average Bonchev–Trinajstić information content (AvgIpc) is 2.28. The normalized spacial score (nSPS) is 13.6. The Hall–Kier alpha value is -0.620. The number of hydrogen-bond acceptors (Lipinski definition) is 4. The molecule has 0 bridgehead atoms. The van der Waals surface area contributed by atoms with Crippen LogP contribution in [0.25, 0.3) is 0 Å². The third-order valence-corrected chi connectivity index (χ3v) is 4.51. The summed E-state index contributed by atoms with van der Waals surface area (Å²) in [6.07, 6.45) is 0.399. The molecule has 0 aromatic heterocycles. The van der Waals surface area contributed by atoms with E-state index in [-0.39, 0.29) is 23.3 Å². The van der Waals surface area contributed by atoms with Crippen LogP contribution in [0.4, 0.5) is 0 Å². The van der Waals surface area contributed by atoms with Crippen molar-refractivity contribution in [2.24, 2.45) is 0 Å². The van der Waals surface area contributed by atoms with Gasteiger partial charge < -0.3 is 10.4 Å². The van der Waals surface area contributed by atoms with Crippen LogP contribution in [0.2, 0.25) is 5.02 Å². The smallest absolute Gasteiger partial charge is 0.179 e. The first-order valence-corrected chi connectivity index (χ1v) is 7.29. The van der Waals surface area contributed by atoms with E-state index in [1.807, 2.05) is 0 Å². The van der Waals surface area contributed by atoms with E-state index >= 15 is 0 Å². The second-order valence-electron chi connectivity index (χ2n) is 3.74. The maximum Gasteiger partial charge on any atom is 0.179 e. The second kappa shape index (κ2) is 6.35. The number of benzene rings is 1. The molecule has 1 aromatic carbocycles. The minimum absolute atomic E-state index is 0.0451. The zero-order valence-corrected chi connectivity index (χ0v) is 11.1.